The van der Waals surface area contributed by atoms with Crippen molar-refractivity contribution >= 4 is 94.9 Å². The lowest BCUT2D eigenvalue weighted by Crippen LogP contribution is -2.29. The van der Waals surface area contributed by atoms with Crippen molar-refractivity contribution < 1.29 is 25.3 Å². The molecule has 3 amide bonds. The fourth-order valence-electron chi connectivity index (χ4n) is 8.57. The van der Waals surface area contributed by atoms with Crippen LogP contribution < -0.4 is 20.0 Å². The number of ether oxygens (including phenoxy) is 1. The lowest BCUT2D eigenvalue weighted by molar-refractivity contribution is -0.140. The summed E-state index contributed by atoms with van der Waals surface area (Å²) in [5.41, 5.74) is 9.41. The standard InChI is InChI=1S/C48H49N9O5S/c1-4-5-6-7-21-49-45(59)40-27-35-33-20-24-57(43(33)18-15-37(35)50-40)47(61)41-28-36-34-19-23-56(42(34)17-16-38(36)51-41)46(60)30-9-14-39-44(26-30)63-48(52-39)54-53-31-10-12-32(13-11-31)55(3)22-8-25-62-29(2)58/h9-18,26-28,50-51H,4-8,19-25H2,1-3H3,(H,49,59)/i1D. The van der Waals surface area contributed by atoms with Gasteiger partial charge in [-0.1, -0.05) is 37.5 Å². The first-order chi connectivity index (χ1) is 31.1. The summed E-state index contributed by atoms with van der Waals surface area (Å²) in [6.45, 7) is 4.61. The van der Waals surface area contributed by atoms with Crippen molar-refractivity contribution in [2.45, 2.75) is 58.8 Å². The van der Waals surface area contributed by atoms with E-state index in [1.165, 1.54) is 18.3 Å². The van der Waals surface area contributed by atoms with Gasteiger partial charge in [0.15, 0.2) is 0 Å². The highest BCUT2D eigenvalue weighted by Crippen LogP contribution is 2.39. The first-order valence-electron chi connectivity index (χ1n) is 22.1. The fourth-order valence-corrected chi connectivity index (χ4v) is 9.40. The number of hydrogen-bond acceptors (Lipinski definition) is 10. The lowest BCUT2D eigenvalue weighted by Gasteiger charge is -2.19. The van der Waals surface area contributed by atoms with Crippen molar-refractivity contribution in [3.05, 3.63) is 107 Å². The van der Waals surface area contributed by atoms with E-state index < -0.39 is 0 Å². The van der Waals surface area contributed by atoms with Gasteiger partial charge in [0.1, 0.15) is 11.4 Å². The zero-order valence-electron chi connectivity index (χ0n) is 36.3. The summed E-state index contributed by atoms with van der Waals surface area (Å²) >= 11 is 1.37. The van der Waals surface area contributed by atoms with Crippen LogP contribution in [0, 0.1) is 0 Å². The third kappa shape index (κ3) is 8.52. The van der Waals surface area contributed by atoms with Crippen LogP contribution in [0.3, 0.4) is 0 Å². The number of thiazole rings is 1. The molecular weight excluding hydrogens is 815 g/mol. The molecule has 3 aromatic heterocycles. The monoisotopic (exact) mass is 864 g/mol. The number of nitrogens with one attached hydrogen (secondary N) is 3. The van der Waals surface area contributed by atoms with Gasteiger partial charge >= 0.3 is 5.97 Å². The van der Waals surface area contributed by atoms with E-state index in [1.807, 2.05) is 84.7 Å². The van der Waals surface area contributed by atoms with Crippen LogP contribution in [-0.4, -0.2) is 78.5 Å². The van der Waals surface area contributed by atoms with Crippen LogP contribution in [0.5, 0.6) is 0 Å². The molecule has 0 spiro atoms. The van der Waals surface area contributed by atoms with E-state index in [-0.39, 0.29) is 23.7 Å². The zero-order chi connectivity index (χ0) is 44.3. The topological polar surface area (TPSA) is 168 Å². The Balaban J connectivity index is 0.852. The fraction of sp³-hybridized carbons (Fsp3) is 0.312. The second kappa shape index (κ2) is 17.8. The Labute approximate surface area is 369 Å². The molecule has 63 heavy (non-hydrogen) atoms. The van der Waals surface area contributed by atoms with Gasteiger partial charge in [-0.25, -0.2) is 4.98 Å². The Hall–Kier alpha value is -6.87. The van der Waals surface area contributed by atoms with E-state index in [9.17, 15) is 19.2 Å². The number of nitrogens with zero attached hydrogens (tertiary/aromatic N) is 6. The number of aromatic amines is 2. The van der Waals surface area contributed by atoms with Crippen LogP contribution in [0.15, 0.2) is 89.1 Å². The van der Waals surface area contributed by atoms with Crippen molar-refractivity contribution in [1.82, 2.24) is 20.3 Å². The molecule has 0 bridgehead atoms. The summed E-state index contributed by atoms with van der Waals surface area (Å²) in [6, 6.07) is 24.8. The molecule has 5 heterocycles. The zero-order valence-corrected chi connectivity index (χ0v) is 36.1. The molecule has 0 saturated heterocycles. The quantitative estimate of drug-likeness (QED) is 0.0524. The molecule has 0 aliphatic carbocycles. The minimum absolute atomic E-state index is 0.110. The number of aromatic nitrogens is 3. The van der Waals surface area contributed by atoms with Gasteiger partial charge < -0.3 is 34.7 Å². The highest BCUT2D eigenvalue weighted by molar-refractivity contribution is 7.21. The lowest BCUT2D eigenvalue weighted by atomic mass is 10.1. The van der Waals surface area contributed by atoms with Crippen molar-refractivity contribution in [2.75, 3.05) is 54.5 Å². The van der Waals surface area contributed by atoms with Gasteiger partial charge in [0.05, 0.1) is 22.5 Å². The summed E-state index contributed by atoms with van der Waals surface area (Å²) in [5.74, 6) is -0.659. The Morgan fingerprint density at radius 3 is 2.24 bits per heavy atom. The van der Waals surface area contributed by atoms with E-state index in [0.29, 0.717) is 73.8 Å². The van der Waals surface area contributed by atoms with Gasteiger partial charge in [-0.15, -0.1) is 10.2 Å². The normalized spacial score (nSPS) is 13.6. The number of esters is 1. The number of amides is 3. The van der Waals surface area contributed by atoms with E-state index in [1.54, 1.807) is 11.0 Å². The highest BCUT2D eigenvalue weighted by atomic mass is 32.1. The van der Waals surface area contributed by atoms with Gasteiger partial charge in [-0.2, -0.15) is 0 Å². The maximum Gasteiger partial charge on any atom is 0.302 e. The van der Waals surface area contributed by atoms with Gasteiger partial charge in [-0.3, -0.25) is 19.2 Å². The third-order valence-electron chi connectivity index (χ3n) is 11.8. The Bertz CT molecular complexity index is 2940. The number of azo groups is 1. The molecule has 9 rings (SSSR count). The average molecular weight is 865 g/mol. The SMILES string of the molecule is [2H]CCCCCCNC(=O)c1cc2c3c(ccc2[nH]1)N(C(=O)c1cc2c4c(ccc2[nH]1)N(C(=O)c1ccc2nc(N=Nc5ccc(N(C)CCCOC(C)=O)cc5)sc2c1)CC4)CC3. The molecular formula is C48H49N9O5S. The molecule has 322 valence electrons. The minimum Gasteiger partial charge on any atom is -0.466 e. The molecule has 0 fully saturated rings. The smallest absolute Gasteiger partial charge is 0.302 e. The molecule has 0 atom stereocenters. The van der Waals surface area contributed by atoms with Crippen LogP contribution in [0.4, 0.5) is 27.9 Å². The molecule has 4 aromatic carbocycles. The van der Waals surface area contributed by atoms with Crippen LogP contribution in [0.1, 0.15) is 89.8 Å². The highest BCUT2D eigenvalue weighted by Gasteiger charge is 2.31. The molecule has 14 nitrogen and oxygen atoms in total. The van der Waals surface area contributed by atoms with Gasteiger partial charge in [0, 0.05) is 86.0 Å². The summed E-state index contributed by atoms with van der Waals surface area (Å²) in [4.78, 5) is 69.1. The van der Waals surface area contributed by atoms with E-state index >= 15 is 0 Å². The largest absolute Gasteiger partial charge is 0.466 e. The van der Waals surface area contributed by atoms with Crippen LogP contribution in [-0.2, 0) is 22.4 Å². The van der Waals surface area contributed by atoms with Gasteiger partial charge in [0.2, 0.25) is 5.13 Å². The summed E-state index contributed by atoms with van der Waals surface area (Å²) in [5, 5.41) is 14.1. The molecule has 2 aliphatic heterocycles. The van der Waals surface area contributed by atoms with Gasteiger partial charge in [0.25, 0.3) is 17.7 Å². The summed E-state index contributed by atoms with van der Waals surface area (Å²) < 4.78 is 13.1. The molecule has 3 N–H and O–H groups in total. The van der Waals surface area contributed by atoms with Crippen molar-refractivity contribution in [2.24, 2.45) is 10.2 Å². The van der Waals surface area contributed by atoms with Crippen molar-refractivity contribution in [1.29, 1.82) is 0 Å². The maximum atomic E-state index is 14.1. The first-order valence-corrected chi connectivity index (χ1v) is 22.2. The predicted molar refractivity (Wildman–Crippen MR) is 249 cm³/mol. The van der Waals surface area contributed by atoms with Crippen LogP contribution in [0.2, 0.25) is 0 Å². The van der Waals surface area contributed by atoms with Crippen molar-refractivity contribution in [3.8, 4) is 0 Å². The third-order valence-corrected chi connectivity index (χ3v) is 12.7. The Morgan fingerprint density at radius 1 is 0.825 bits per heavy atom. The van der Waals surface area contributed by atoms with E-state index in [2.05, 4.69) is 35.4 Å². The number of anilines is 3. The van der Waals surface area contributed by atoms with Crippen LogP contribution >= 0.6 is 11.3 Å². The molecule has 15 heteroatoms. The average Bonchev–Trinajstić information content (AvgIpc) is 4.15. The molecule has 0 radical (unpaired) electrons. The maximum absolute atomic E-state index is 14.1. The predicted octanol–water partition coefficient (Wildman–Crippen LogP) is 9.78. The molecule has 0 unspecified atom stereocenters. The number of rotatable bonds is 15. The number of carbonyl (C=O) groups excluding carboxylic acids is 4. The molecule has 7 aromatic rings. The number of H-pyrrole nitrogens is 2. The van der Waals surface area contributed by atoms with Crippen LogP contribution in [0.25, 0.3) is 32.0 Å². The van der Waals surface area contributed by atoms with E-state index in [4.69, 9.17) is 6.11 Å². The minimum atomic E-state index is -0.275. The summed E-state index contributed by atoms with van der Waals surface area (Å²) in [7, 11) is 1.98. The first kappa shape index (κ1) is 40.2. The van der Waals surface area contributed by atoms with E-state index in [0.717, 1.165) is 98.9 Å². The number of unbranched alkanes of at least 4 members (excludes halogenated alkanes) is 3. The second-order valence-corrected chi connectivity index (χ2v) is 17.0. The molecule has 0 saturated carbocycles. The number of hydrogen-bond donors (Lipinski definition) is 3. The molecule has 2 aliphatic rings. The number of benzene rings is 4. The number of fused-ring (bicyclic) bond motifs is 7. The Kier molecular flexibility index (Phi) is 11.4. The number of carbonyl (C=O) groups is 4. The van der Waals surface area contributed by atoms with Gasteiger partial charge in [-0.05, 0) is 116 Å². The summed E-state index contributed by atoms with van der Waals surface area (Å²) in [6.07, 6.45) is 5.82. The second-order valence-electron chi connectivity index (χ2n) is 16.0. The Morgan fingerprint density at radius 2 is 1.52 bits per heavy atom. The van der Waals surface area contributed by atoms with Crippen molar-refractivity contribution in [3.63, 3.8) is 0 Å².